The van der Waals surface area contributed by atoms with E-state index in [0.29, 0.717) is 33.7 Å². The zero-order valence-corrected chi connectivity index (χ0v) is 21.4. The molecule has 0 spiro atoms. The quantitative estimate of drug-likeness (QED) is 0.126. The first kappa shape index (κ1) is 25.5. The number of anilines is 1. The molecule has 4 aromatic carbocycles. The molecule has 7 nitrogen and oxygen atoms in total. The fraction of sp³-hybridized carbons (Fsp3) is 0.0345. The monoisotopic (exact) mass is 555 g/mol. The first-order valence-electron chi connectivity index (χ1n) is 11.3. The molecule has 0 unspecified atom stereocenters. The summed E-state index contributed by atoms with van der Waals surface area (Å²) in [5.41, 5.74) is 5.63. The molecular weight excluding hydrogens is 534 g/mol. The number of halogens is 1. The second kappa shape index (κ2) is 11.9. The Morgan fingerprint density at radius 1 is 0.784 bits per heavy atom. The van der Waals surface area contributed by atoms with Crippen LogP contribution in [0.25, 0.3) is 0 Å². The number of hydrogen-bond acceptors (Lipinski definition) is 5. The number of benzene rings is 4. The Bertz CT molecular complexity index is 1480. The maximum atomic E-state index is 12.6. The lowest BCUT2D eigenvalue weighted by Gasteiger charge is -2.08. The van der Waals surface area contributed by atoms with E-state index in [9.17, 15) is 14.4 Å². The van der Waals surface area contributed by atoms with Crippen LogP contribution in [0.3, 0.4) is 0 Å². The highest BCUT2D eigenvalue weighted by Gasteiger charge is 2.12. The molecule has 4 aromatic rings. The predicted octanol–water partition coefficient (Wildman–Crippen LogP) is 5.99. The first-order valence-corrected chi connectivity index (χ1v) is 12.1. The molecule has 0 heterocycles. The van der Waals surface area contributed by atoms with E-state index in [1.807, 2.05) is 13.0 Å². The highest BCUT2D eigenvalue weighted by Crippen LogP contribution is 2.19. The Hall–Kier alpha value is -4.56. The molecule has 0 aromatic heterocycles. The molecule has 0 saturated carbocycles. The molecule has 0 bridgehead atoms. The normalized spacial score (nSPS) is 10.6. The minimum atomic E-state index is -0.490. The number of carbonyl (C=O) groups excluding carboxylic acids is 3. The van der Waals surface area contributed by atoms with Gasteiger partial charge in [-0.05, 0) is 73.7 Å². The van der Waals surface area contributed by atoms with Gasteiger partial charge in [-0.3, -0.25) is 9.59 Å². The van der Waals surface area contributed by atoms with Crippen LogP contribution in [-0.4, -0.2) is 24.0 Å². The number of esters is 1. The van der Waals surface area contributed by atoms with Gasteiger partial charge in [0.25, 0.3) is 11.8 Å². The van der Waals surface area contributed by atoms with Crippen molar-refractivity contribution in [3.63, 3.8) is 0 Å². The molecule has 0 atom stereocenters. The van der Waals surface area contributed by atoms with Crippen LogP contribution < -0.4 is 15.5 Å². The van der Waals surface area contributed by atoms with Crippen molar-refractivity contribution in [2.45, 2.75) is 6.92 Å². The Balaban J connectivity index is 1.40. The van der Waals surface area contributed by atoms with Gasteiger partial charge in [0.05, 0.1) is 11.8 Å². The van der Waals surface area contributed by atoms with Crippen LogP contribution in [-0.2, 0) is 0 Å². The van der Waals surface area contributed by atoms with Crippen LogP contribution >= 0.6 is 15.9 Å². The molecular formula is C29H22BrN3O4. The van der Waals surface area contributed by atoms with E-state index >= 15 is 0 Å². The smallest absolute Gasteiger partial charge is 0.343 e. The van der Waals surface area contributed by atoms with E-state index in [1.54, 1.807) is 91.0 Å². The summed E-state index contributed by atoms with van der Waals surface area (Å²) in [4.78, 5) is 37.6. The minimum Gasteiger partial charge on any atom is -0.422 e. The number of carbonyl (C=O) groups is 3. The summed E-state index contributed by atoms with van der Waals surface area (Å²) in [5, 5.41) is 6.79. The molecule has 0 aliphatic carbocycles. The zero-order chi connectivity index (χ0) is 26.2. The first-order chi connectivity index (χ1) is 17.9. The summed E-state index contributed by atoms with van der Waals surface area (Å²) in [7, 11) is 0. The average molecular weight is 556 g/mol. The summed E-state index contributed by atoms with van der Waals surface area (Å²) in [5.74, 6) is -0.939. The van der Waals surface area contributed by atoms with Crippen molar-refractivity contribution in [1.29, 1.82) is 0 Å². The lowest BCUT2D eigenvalue weighted by molar-refractivity contribution is 0.0733. The number of aryl methyl sites for hydroxylation is 1. The van der Waals surface area contributed by atoms with Crippen molar-refractivity contribution in [2.24, 2.45) is 5.10 Å². The van der Waals surface area contributed by atoms with E-state index in [1.165, 1.54) is 6.21 Å². The van der Waals surface area contributed by atoms with Gasteiger partial charge in [-0.2, -0.15) is 5.10 Å². The highest BCUT2D eigenvalue weighted by molar-refractivity contribution is 9.10. The van der Waals surface area contributed by atoms with E-state index in [2.05, 4.69) is 31.8 Å². The molecule has 0 saturated heterocycles. The largest absolute Gasteiger partial charge is 0.422 e. The molecule has 0 aliphatic rings. The van der Waals surface area contributed by atoms with Gasteiger partial charge >= 0.3 is 5.97 Å². The molecule has 0 fully saturated rings. The number of nitrogens with zero attached hydrogens (tertiary/aromatic N) is 1. The van der Waals surface area contributed by atoms with Crippen LogP contribution in [0.2, 0.25) is 0 Å². The molecule has 8 heteroatoms. The van der Waals surface area contributed by atoms with Gasteiger partial charge in [0.1, 0.15) is 5.75 Å². The number of rotatable bonds is 7. The lowest BCUT2D eigenvalue weighted by Crippen LogP contribution is -2.18. The summed E-state index contributed by atoms with van der Waals surface area (Å²) < 4.78 is 6.41. The molecule has 37 heavy (non-hydrogen) atoms. The Morgan fingerprint density at radius 3 is 2.30 bits per heavy atom. The van der Waals surface area contributed by atoms with Gasteiger partial charge in [0.15, 0.2) is 0 Å². The van der Waals surface area contributed by atoms with Crippen molar-refractivity contribution < 1.29 is 19.1 Å². The van der Waals surface area contributed by atoms with Crippen LogP contribution in [0.15, 0.2) is 107 Å². The third kappa shape index (κ3) is 6.99. The topological polar surface area (TPSA) is 96.9 Å². The SMILES string of the molecule is Cc1cccc(C(=O)Oc2ccccc2C=NNC(=O)c2cccc(NC(=O)c3ccc(Br)cc3)c2)c1. The fourth-order valence-corrected chi connectivity index (χ4v) is 3.64. The van der Waals surface area contributed by atoms with Gasteiger partial charge in [-0.25, -0.2) is 10.2 Å². The Morgan fingerprint density at radius 2 is 1.51 bits per heavy atom. The third-order valence-corrected chi connectivity index (χ3v) is 5.76. The highest BCUT2D eigenvalue weighted by atomic mass is 79.9. The van der Waals surface area contributed by atoms with Crippen molar-refractivity contribution in [2.75, 3.05) is 5.32 Å². The van der Waals surface area contributed by atoms with Crippen LogP contribution in [0.5, 0.6) is 5.75 Å². The number of nitrogens with one attached hydrogen (secondary N) is 2. The van der Waals surface area contributed by atoms with Gasteiger partial charge < -0.3 is 10.1 Å². The van der Waals surface area contributed by atoms with Crippen LogP contribution in [0.4, 0.5) is 5.69 Å². The van der Waals surface area contributed by atoms with E-state index in [4.69, 9.17) is 4.74 Å². The number of hydrazone groups is 1. The van der Waals surface area contributed by atoms with Crippen molar-refractivity contribution in [3.8, 4) is 5.75 Å². The lowest BCUT2D eigenvalue weighted by atomic mass is 10.1. The van der Waals surface area contributed by atoms with E-state index in [0.717, 1.165) is 10.0 Å². The number of amides is 2. The average Bonchev–Trinajstić information content (AvgIpc) is 2.90. The number of ether oxygens (including phenoxy) is 1. The molecule has 184 valence electrons. The zero-order valence-electron chi connectivity index (χ0n) is 19.8. The molecule has 2 N–H and O–H groups in total. The standard InChI is InChI=1S/C29H22BrN3O4/c1-19-6-4-9-22(16-19)29(36)37-26-11-3-2-7-23(26)18-31-33-28(35)21-8-5-10-25(17-21)32-27(34)20-12-14-24(30)15-13-20/h2-18H,1H3,(H,32,34)(H,33,35). The summed E-state index contributed by atoms with van der Waals surface area (Å²) in [6, 6.07) is 27.4. The number of hydrogen-bond donors (Lipinski definition) is 2. The van der Waals surface area contributed by atoms with E-state index < -0.39 is 11.9 Å². The predicted molar refractivity (Wildman–Crippen MR) is 146 cm³/mol. The Labute approximate surface area is 222 Å². The maximum Gasteiger partial charge on any atom is 0.343 e. The number of para-hydroxylation sites is 1. The van der Waals surface area contributed by atoms with Crippen LogP contribution in [0, 0.1) is 6.92 Å². The summed E-state index contributed by atoms with van der Waals surface area (Å²) in [6.45, 7) is 1.90. The fourth-order valence-electron chi connectivity index (χ4n) is 3.38. The van der Waals surface area contributed by atoms with Crippen molar-refractivity contribution in [3.05, 3.63) is 129 Å². The van der Waals surface area contributed by atoms with Gasteiger partial charge in [0, 0.05) is 26.9 Å². The molecule has 0 radical (unpaired) electrons. The van der Waals surface area contributed by atoms with E-state index in [-0.39, 0.29) is 5.91 Å². The third-order valence-electron chi connectivity index (χ3n) is 5.23. The summed E-state index contributed by atoms with van der Waals surface area (Å²) >= 11 is 3.34. The van der Waals surface area contributed by atoms with Crippen LogP contribution in [0.1, 0.15) is 42.2 Å². The van der Waals surface area contributed by atoms with Gasteiger partial charge in [-0.15, -0.1) is 0 Å². The summed E-state index contributed by atoms with van der Waals surface area (Å²) in [6.07, 6.45) is 1.40. The van der Waals surface area contributed by atoms with Crippen molar-refractivity contribution >= 4 is 45.6 Å². The Kier molecular flexibility index (Phi) is 8.22. The maximum absolute atomic E-state index is 12.6. The van der Waals surface area contributed by atoms with Gasteiger partial charge in [-0.1, -0.05) is 51.8 Å². The molecule has 2 amide bonds. The second-order valence-electron chi connectivity index (χ2n) is 8.04. The molecule has 4 rings (SSSR count). The van der Waals surface area contributed by atoms with Crippen molar-refractivity contribution in [1.82, 2.24) is 5.43 Å². The molecule has 0 aliphatic heterocycles. The second-order valence-corrected chi connectivity index (χ2v) is 8.95. The minimum absolute atomic E-state index is 0.292. The van der Waals surface area contributed by atoms with Gasteiger partial charge in [0.2, 0.25) is 0 Å².